The van der Waals surface area contributed by atoms with Crippen LogP contribution in [0.4, 0.5) is 0 Å². The van der Waals surface area contributed by atoms with Crippen molar-refractivity contribution in [2.24, 2.45) is 5.10 Å². The first-order valence-electron chi connectivity index (χ1n) is 12.0. The molecule has 0 radical (unpaired) electrons. The van der Waals surface area contributed by atoms with Gasteiger partial charge in [0.1, 0.15) is 12.4 Å². The second-order valence-corrected chi connectivity index (χ2v) is 9.03. The molecule has 0 saturated carbocycles. The minimum atomic E-state index is -0.271. The van der Waals surface area contributed by atoms with E-state index in [1.807, 2.05) is 37.3 Å². The van der Waals surface area contributed by atoms with Gasteiger partial charge in [0.25, 0.3) is 5.91 Å². The number of amides is 1. The molecule has 0 saturated heterocycles. The molecule has 3 aromatic rings. The molecule has 0 spiro atoms. The molecule has 1 heterocycles. The molecule has 0 fully saturated rings. The molecule has 1 aliphatic rings. The zero-order valence-corrected chi connectivity index (χ0v) is 20.8. The van der Waals surface area contributed by atoms with E-state index in [1.165, 1.54) is 11.1 Å². The molecule has 35 heavy (non-hydrogen) atoms. The van der Waals surface area contributed by atoms with Gasteiger partial charge in [-0.2, -0.15) is 5.10 Å². The first-order valence-corrected chi connectivity index (χ1v) is 12.0. The van der Waals surface area contributed by atoms with E-state index in [0.717, 1.165) is 29.0 Å². The molecule has 1 amide bonds. The third-order valence-corrected chi connectivity index (χ3v) is 5.89. The van der Waals surface area contributed by atoms with E-state index >= 15 is 0 Å². The highest BCUT2D eigenvalue weighted by Gasteiger charge is 2.13. The van der Waals surface area contributed by atoms with Crippen LogP contribution in [0.15, 0.2) is 65.8 Å². The Kier molecular flexibility index (Phi) is 7.70. The van der Waals surface area contributed by atoms with Gasteiger partial charge in [0, 0.05) is 17.5 Å². The molecule has 4 rings (SSSR count). The summed E-state index contributed by atoms with van der Waals surface area (Å²) in [5.74, 6) is 2.44. The summed E-state index contributed by atoms with van der Waals surface area (Å²) in [6, 6.07) is 19.3. The van der Waals surface area contributed by atoms with Crippen LogP contribution in [0.5, 0.6) is 17.2 Å². The average molecular weight is 473 g/mol. The third kappa shape index (κ3) is 6.21. The Morgan fingerprint density at radius 2 is 1.69 bits per heavy atom. The number of nitrogens with one attached hydrogen (secondary N) is 1. The maximum Gasteiger partial charge on any atom is 0.271 e. The van der Waals surface area contributed by atoms with Crippen molar-refractivity contribution in [2.75, 3.05) is 13.2 Å². The number of ether oxygens (including phenoxy) is 3. The van der Waals surface area contributed by atoms with Crippen LogP contribution in [0.3, 0.4) is 0 Å². The number of benzene rings is 3. The van der Waals surface area contributed by atoms with Crippen LogP contribution < -0.4 is 19.6 Å². The van der Waals surface area contributed by atoms with Crippen molar-refractivity contribution in [3.8, 4) is 17.2 Å². The summed E-state index contributed by atoms with van der Waals surface area (Å²) in [5, 5.41) is 4.27. The molecule has 0 bridgehead atoms. The third-order valence-electron chi connectivity index (χ3n) is 5.89. The fraction of sp³-hybridized carbons (Fsp3) is 0.310. The standard InChI is InChI=1S/C29H32N2O4/c1-19(2)25-12-6-20(3)16-27(25)35-18-22-7-9-23(10-8-22)29(32)31-30-21(4)24-11-13-26-28(17-24)34-15-5-14-33-26/h6-13,16-17,19H,5,14-15,18H2,1-4H3,(H,31,32). The number of hydrazone groups is 1. The molecule has 0 unspecified atom stereocenters. The van der Waals surface area contributed by atoms with Gasteiger partial charge in [-0.3, -0.25) is 4.79 Å². The lowest BCUT2D eigenvalue weighted by atomic mass is 10.0. The van der Waals surface area contributed by atoms with Crippen molar-refractivity contribution in [3.63, 3.8) is 0 Å². The molecule has 0 aliphatic carbocycles. The van der Waals surface area contributed by atoms with E-state index in [-0.39, 0.29) is 5.91 Å². The second-order valence-electron chi connectivity index (χ2n) is 9.03. The molecule has 6 heteroatoms. The van der Waals surface area contributed by atoms with Gasteiger partial charge < -0.3 is 14.2 Å². The molecule has 6 nitrogen and oxygen atoms in total. The average Bonchev–Trinajstić information content (AvgIpc) is 3.11. The number of nitrogens with zero attached hydrogens (tertiary/aromatic N) is 1. The Balaban J connectivity index is 1.37. The highest BCUT2D eigenvalue weighted by atomic mass is 16.5. The lowest BCUT2D eigenvalue weighted by Gasteiger charge is -2.15. The van der Waals surface area contributed by atoms with Gasteiger partial charge in [0.15, 0.2) is 11.5 Å². The first-order chi connectivity index (χ1) is 16.9. The summed E-state index contributed by atoms with van der Waals surface area (Å²) in [6.45, 7) is 9.92. The zero-order chi connectivity index (χ0) is 24.8. The maximum absolute atomic E-state index is 12.6. The van der Waals surface area contributed by atoms with Gasteiger partial charge in [-0.25, -0.2) is 5.43 Å². The van der Waals surface area contributed by atoms with Crippen LogP contribution in [0, 0.1) is 6.92 Å². The maximum atomic E-state index is 12.6. The molecular formula is C29H32N2O4. The SMILES string of the molecule is CC(=NNC(=O)c1ccc(COc2cc(C)ccc2C(C)C)cc1)c1ccc2c(c1)OCCCO2. The number of aryl methyl sites for hydroxylation is 1. The van der Waals surface area contributed by atoms with E-state index < -0.39 is 0 Å². The summed E-state index contributed by atoms with van der Waals surface area (Å²) in [4.78, 5) is 12.6. The molecule has 1 aliphatic heterocycles. The molecule has 0 aromatic heterocycles. The lowest BCUT2D eigenvalue weighted by Crippen LogP contribution is -2.19. The van der Waals surface area contributed by atoms with Gasteiger partial charge in [-0.1, -0.05) is 38.1 Å². The highest BCUT2D eigenvalue weighted by Crippen LogP contribution is 2.31. The smallest absolute Gasteiger partial charge is 0.271 e. The van der Waals surface area contributed by atoms with Crippen LogP contribution in [-0.4, -0.2) is 24.8 Å². The molecule has 3 aromatic carbocycles. The summed E-state index contributed by atoms with van der Waals surface area (Å²) >= 11 is 0. The van der Waals surface area contributed by atoms with Crippen molar-refractivity contribution in [3.05, 3.63) is 88.5 Å². The van der Waals surface area contributed by atoms with Crippen molar-refractivity contribution < 1.29 is 19.0 Å². The van der Waals surface area contributed by atoms with E-state index in [2.05, 4.69) is 49.5 Å². The molecule has 0 atom stereocenters. The molecule has 1 N–H and O–H groups in total. The van der Waals surface area contributed by atoms with Crippen LogP contribution in [0.1, 0.15) is 65.7 Å². The monoisotopic (exact) mass is 472 g/mol. The van der Waals surface area contributed by atoms with E-state index in [1.54, 1.807) is 12.1 Å². The number of carbonyl (C=O) groups excluding carboxylic acids is 1. The van der Waals surface area contributed by atoms with Crippen molar-refractivity contribution in [1.29, 1.82) is 0 Å². The van der Waals surface area contributed by atoms with Gasteiger partial charge in [0.2, 0.25) is 0 Å². The normalized spacial score (nSPS) is 13.3. The van der Waals surface area contributed by atoms with E-state index in [0.29, 0.717) is 42.8 Å². The van der Waals surface area contributed by atoms with Gasteiger partial charge in [-0.15, -0.1) is 0 Å². The van der Waals surface area contributed by atoms with E-state index in [9.17, 15) is 4.79 Å². The zero-order valence-electron chi connectivity index (χ0n) is 20.8. The van der Waals surface area contributed by atoms with Crippen LogP contribution in [0.25, 0.3) is 0 Å². The predicted molar refractivity (Wildman–Crippen MR) is 138 cm³/mol. The summed E-state index contributed by atoms with van der Waals surface area (Å²) < 4.78 is 17.5. The number of fused-ring (bicyclic) bond motifs is 1. The van der Waals surface area contributed by atoms with Crippen LogP contribution >= 0.6 is 0 Å². The Bertz CT molecular complexity index is 1220. The Morgan fingerprint density at radius 1 is 0.971 bits per heavy atom. The lowest BCUT2D eigenvalue weighted by molar-refractivity contribution is 0.0954. The number of hydrogen-bond acceptors (Lipinski definition) is 5. The van der Waals surface area contributed by atoms with Crippen LogP contribution in [-0.2, 0) is 6.61 Å². The highest BCUT2D eigenvalue weighted by molar-refractivity contribution is 6.01. The largest absolute Gasteiger partial charge is 0.490 e. The predicted octanol–water partition coefficient (Wildman–Crippen LogP) is 6.01. The first kappa shape index (κ1) is 24.3. The summed E-state index contributed by atoms with van der Waals surface area (Å²) in [5.41, 5.74) is 8.05. The Labute approximate surface area is 206 Å². The van der Waals surface area contributed by atoms with Crippen molar-refractivity contribution >= 4 is 11.6 Å². The quantitative estimate of drug-likeness (QED) is 0.338. The number of hydrogen-bond donors (Lipinski definition) is 1. The van der Waals surface area contributed by atoms with Crippen LogP contribution in [0.2, 0.25) is 0 Å². The fourth-order valence-corrected chi connectivity index (χ4v) is 3.81. The minimum Gasteiger partial charge on any atom is -0.490 e. The van der Waals surface area contributed by atoms with Crippen molar-refractivity contribution in [1.82, 2.24) is 5.43 Å². The second kappa shape index (κ2) is 11.1. The number of rotatable bonds is 7. The summed E-state index contributed by atoms with van der Waals surface area (Å²) in [7, 11) is 0. The Hall–Kier alpha value is -3.80. The summed E-state index contributed by atoms with van der Waals surface area (Å²) in [6.07, 6.45) is 0.850. The minimum absolute atomic E-state index is 0.271. The molecular weight excluding hydrogens is 440 g/mol. The fourth-order valence-electron chi connectivity index (χ4n) is 3.81. The van der Waals surface area contributed by atoms with Gasteiger partial charge in [0.05, 0.1) is 18.9 Å². The topological polar surface area (TPSA) is 69.2 Å². The number of carbonyl (C=O) groups is 1. The Morgan fingerprint density at radius 3 is 2.43 bits per heavy atom. The molecule has 182 valence electrons. The van der Waals surface area contributed by atoms with Gasteiger partial charge in [-0.05, 0) is 72.9 Å². The van der Waals surface area contributed by atoms with Gasteiger partial charge >= 0.3 is 0 Å². The van der Waals surface area contributed by atoms with E-state index in [4.69, 9.17) is 14.2 Å². The van der Waals surface area contributed by atoms with Crippen molar-refractivity contribution in [2.45, 2.75) is 46.6 Å².